The molecule has 0 N–H and O–H groups in total. The molecule has 28 heavy (non-hydrogen) atoms. The van der Waals surface area contributed by atoms with E-state index >= 15 is 0 Å². The van der Waals surface area contributed by atoms with Crippen molar-refractivity contribution >= 4 is 13.2 Å². The van der Waals surface area contributed by atoms with Gasteiger partial charge in [-0.1, -0.05) is 103 Å². The van der Waals surface area contributed by atoms with Gasteiger partial charge in [-0.25, -0.2) is 4.79 Å². The van der Waals surface area contributed by atoms with Crippen LogP contribution < -0.4 is 0 Å². The van der Waals surface area contributed by atoms with Crippen LogP contribution in [0.4, 0.5) is 0 Å². The van der Waals surface area contributed by atoms with Gasteiger partial charge >= 0.3 is 5.97 Å². The van der Waals surface area contributed by atoms with E-state index in [9.17, 15) is 4.79 Å². The van der Waals surface area contributed by atoms with Gasteiger partial charge in [-0.2, -0.15) is 0 Å². The molecule has 0 spiro atoms. The number of esters is 1. The molecule has 0 aromatic carbocycles. The molecule has 0 aromatic heterocycles. The zero-order valence-electron chi connectivity index (χ0n) is 19.9. The summed E-state index contributed by atoms with van der Waals surface area (Å²) < 4.78 is 5.71. The lowest BCUT2D eigenvalue weighted by Gasteiger charge is -2.24. The van der Waals surface area contributed by atoms with Crippen molar-refractivity contribution in [2.75, 3.05) is 20.0 Å². The Hall–Kier alpha value is -0.360. The minimum absolute atomic E-state index is 0.0960. The molecule has 0 amide bonds. The highest BCUT2D eigenvalue weighted by Crippen LogP contribution is 2.54. The summed E-state index contributed by atoms with van der Waals surface area (Å²) in [5, 5.41) is 0. The van der Waals surface area contributed by atoms with E-state index in [0.29, 0.717) is 5.57 Å². The summed E-state index contributed by atoms with van der Waals surface area (Å²) in [7, 11) is -1.19. The molecule has 0 saturated carbocycles. The second-order valence-electron chi connectivity index (χ2n) is 9.49. The van der Waals surface area contributed by atoms with E-state index < -0.39 is 7.26 Å². The predicted octanol–water partition coefficient (Wildman–Crippen LogP) is 8.60. The number of unbranched alkanes of at least 4 members (excludes halogenated alkanes) is 14. The summed E-state index contributed by atoms with van der Waals surface area (Å²) in [5.41, 5.74) is 0.509. The lowest BCUT2D eigenvalue weighted by atomic mass is 10.0. The summed E-state index contributed by atoms with van der Waals surface area (Å²) in [4.78, 5) is 11.9. The molecule has 0 heterocycles. The maximum absolute atomic E-state index is 11.9. The van der Waals surface area contributed by atoms with Gasteiger partial charge in [0.15, 0.2) is 0 Å². The van der Waals surface area contributed by atoms with E-state index in [1.165, 1.54) is 96.3 Å². The van der Waals surface area contributed by atoms with Gasteiger partial charge in [0.2, 0.25) is 5.85 Å². The van der Waals surface area contributed by atoms with Crippen LogP contribution in [0.25, 0.3) is 0 Å². The van der Waals surface area contributed by atoms with Crippen LogP contribution in [0.2, 0.25) is 0 Å². The van der Waals surface area contributed by atoms with Crippen molar-refractivity contribution in [3.8, 4) is 0 Å². The first-order valence-corrected chi connectivity index (χ1v) is 15.2. The van der Waals surface area contributed by atoms with Crippen molar-refractivity contribution in [1.82, 2.24) is 0 Å². The number of hydrogen-bond donors (Lipinski definition) is 0. The third-order valence-electron chi connectivity index (χ3n) is 5.51. The molecule has 0 bridgehead atoms. The van der Waals surface area contributed by atoms with Gasteiger partial charge in [0.05, 0.1) is 20.0 Å². The lowest BCUT2D eigenvalue weighted by Crippen LogP contribution is -2.21. The fourth-order valence-corrected chi connectivity index (χ4v) is 4.89. The zero-order chi connectivity index (χ0) is 21.3. The van der Waals surface area contributed by atoms with E-state index in [-0.39, 0.29) is 11.8 Å². The Morgan fingerprint density at radius 2 is 1.11 bits per heavy atom. The van der Waals surface area contributed by atoms with Crippen molar-refractivity contribution in [3.05, 3.63) is 12.2 Å². The molecular weight excluding hydrogens is 363 g/mol. The smallest absolute Gasteiger partial charge is 0.336 e. The first kappa shape index (κ1) is 27.6. The highest BCUT2D eigenvalue weighted by atomic mass is 31.2. The second-order valence-corrected chi connectivity index (χ2v) is 14.3. The Balaban J connectivity index is 3.56. The van der Waals surface area contributed by atoms with E-state index in [2.05, 4.69) is 33.5 Å². The van der Waals surface area contributed by atoms with Gasteiger partial charge < -0.3 is 4.74 Å². The third kappa shape index (κ3) is 16.6. The highest BCUT2D eigenvalue weighted by Gasteiger charge is 2.34. The van der Waals surface area contributed by atoms with E-state index in [4.69, 9.17) is 4.74 Å². The molecule has 0 aliphatic rings. The zero-order valence-corrected chi connectivity index (χ0v) is 20.8. The van der Waals surface area contributed by atoms with Crippen LogP contribution in [-0.2, 0) is 9.53 Å². The Morgan fingerprint density at radius 3 is 1.43 bits per heavy atom. The topological polar surface area (TPSA) is 26.3 Å². The molecule has 3 heteroatoms. The lowest BCUT2D eigenvalue weighted by molar-refractivity contribution is -0.140. The van der Waals surface area contributed by atoms with Gasteiger partial charge in [-0.05, 0) is 13.3 Å². The third-order valence-corrected chi connectivity index (χ3v) is 7.60. The minimum Gasteiger partial charge on any atom is -0.424 e. The number of ether oxygens (including phenoxy) is 1. The predicted molar refractivity (Wildman–Crippen MR) is 129 cm³/mol. The van der Waals surface area contributed by atoms with Crippen LogP contribution in [0.1, 0.15) is 117 Å². The van der Waals surface area contributed by atoms with Crippen molar-refractivity contribution < 1.29 is 9.53 Å². The van der Waals surface area contributed by atoms with Crippen LogP contribution in [0.3, 0.4) is 0 Å². The molecule has 0 fully saturated rings. The summed E-state index contributed by atoms with van der Waals surface area (Å²) >= 11 is 0. The van der Waals surface area contributed by atoms with Crippen LogP contribution >= 0.6 is 7.26 Å². The number of carbonyl (C=O) groups is 1. The second kappa shape index (κ2) is 17.5. The number of rotatable bonds is 19. The van der Waals surface area contributed by atoms with Gasteiger partial charge in [-0.3, -0.25) is 0 Å². The van der Waals surface area contributed by atoms with E-state index in [1.807, 2.05) is 0 Å². The standard InChI is InChI=1S/C25H50O2P/c1-7-8-9-10-11-12-13-14-15-16-17-18-19-20-21-22-24(28(4,5)6)27-25(26)23(2)3/h24H,2,7-22H2,1,3-6H3/q+1. The van der Waals surface area contributed by atoms with Crippen molar-refractivity contribution in [1.29, 1.82) is 0 Å². The molecule has 1 atom stereocenters. The van der Waals surface area contributed by atoms with E-state index in [0.717, 1.165) is 6.42 Å². The molecule has 0 aliphatic heterocycles. The SMILES string of the molecule is C=C(C)C(=O)OC(CCCCCCCCCCCCCCCCC)[P+](C)(C)C. The average molecular weight is 414 g/mol. The number of hydrogen-bond acceptors (Lipinski definition) is 2. The molecule has 0 saturated heterocycles. The molecule has 0 rings (SSSR count). The summed E-state index contributed by atoms with van der Waals surface area (Å²) in [6.07, 6.45) is 21.7. The number of carbonyl (C=O) groups excluding carboxylic acids is 1. The van der Waals surface area contributed by atoms with Crippen LogP contribution in [-0.4, -0.2) is 31.8 Å². The Bertz CT molecular complexity index is 398. The van der Waals surface area contributed by atoms with Crippen LogP contribution in [0.15, 0.2) is 12.2 Å². The fourth-order valence-electron chi connectivity index (χ4n) is 3.52. The molecule has 166 valence electrons. The van der Waals surface area contributed by atoms with Gasteiger partial charge in [0, 0.05) is 19.3 Å². The molecule has 0 aromatic rings. The molecule has 2 nitrogen and oxygen atoms in total. The highest BCUT2D eigenvalue weighted by molar-refractivity contribution is 7.74. The monoisotopic (exact) mass is 413 g/mol. The first-order valence-electron chi connectivity index (χ1n) is 12.0. The molecule has 1 unspecified atom stereocenters. The van der Waals surface area contributed by atoms with Crippen molar-refractivity contribution in [3.63, 3.8) is 0 Å². The summed E-state index contributed by atoms with van der Waals surface area (Å²) in [6, 6.07) is 0. The Kier molecular flexibility index (Phi) is 17.3. The molecular formula is C25H50O2P+. The summed E-state index contributed by atoms with van der Waals surface area (Å²) in [6.45, 7) is 14.5. The summed E-state index contributed by atoms with van der Waals surface area (Å²) in [5.74, 6) is -0.125. The van der Waals surface area contributed by atoms with Gasteiger partial charge in [0.1, 0.15) is 0 Å². The largest absolute Gasteiger partial charge is 0.424 e. The van der Waals surface area contributed by atoms with Gasteiger partial charge in [0.25, 0.3) is 0 Å². The molecule has 0 radical (unpaired) electrons. The molecule has 0 aliphatic carbocycles. The van der Waals surface area contributed by atoms with Crippen LogP contribution in [0.5, 0.6) is 0 Å². The van der Waals surface area contributed by atoms with Crippen molar-refractivity contribution in [2.45, 2.75) is 122 Å². The minimum atomic E-state index is -1.19. The fraction of sp³-hybridized carbons (Fsp3) is 0.880. The maximum atomic E-state index is 11.9. The van der Waals surface area contributed by atoms with Crippen LogP contribution in [0, 0.1) is 0 Å². The maximum Gasteiger partial charge on any atom is 0.336 e. The average Bonchev–Trinajstić information content (AvgIpc) is 2.62. The normalized spacial score (nSPS) is 12.8. The van der Waals surface area contributed by atoms with Gasteiger partial charge in [-0.15, -0.1) is 0 Å². The Labute approximate surface area is 177 Å². The first-order chi connectivity index (χ1) is 13.3. The Morgan fingerprint density at radius 1 is 0.750 bits per heavy atom. The van der Waals surface area contributed by atoms with E-state index in [1.54, 1.807) is 6.92 Å². The van der Waals surface area contributed by atoms with Crippen molar-refractivity contribution in [2.24, 2.45) is 0 Å². The quantitative estimate of drug-likeness (QED) is 0.0917.